The average Bonchev–Trinajstić information content (AvgIpc) is 2.72. The minimum Gasteiger partial charge on any atom is -0.489 e. The van der Waals surface area contributed by atoms with Crippen LogP contribution >= 0.6 is 0 Å². The second-order valence-electron chi connectivity index (χ2n) is 5.91. The van der Waals surface area contributed by atoms with Crippen molar-refractivity contribution in [3.63, 3.8) is 0 Å². The van der Waals surface area contributed by atoms with Crippen molar-refractivity contribution in [3.05, 3.63) is 59.7 Å². The summed E-state index contributed by atoms with van der Waals surface area (Å²) in [6.45, 7) is 5.15. The van der Waals surface area contributed by atoms with Gasteiger partial charge in [-0.05, 0) is 32.0 Å². The zero-order chi connectivity index (χ0) is 16.2. The summed E-state index contributed by atoms with van der Waals surface area (Å²) in [6, 6.07) is 15.6. The molecule has 1 unspecified atom stereocenters. The number of aryl methyl sites for hydroxylation is 1. The average molecular weight is 311 g/mol. The van der Waals surface area contributed by atoms with Crippen molar-refractivity contribution in [2.75, 3.05) is 13.2 Å². The van der Waals surface area contributed by atoms with Crippen molar-refractivity contribution in [3.8, 4) is 11.5 Å². The zero-order valence-electron chi connectivity index (χ0n) is 13.5. The second kappa shape index (κ2) is 6.73. The van der Waals surface area contributed by atoms with Crippen LogP contribution in [-0.2, 0) is 11.3 Å². The molecular weight excluding hydrogens is 290 g/mol. The molecule has 1 heterocycles. The van der Waals surface area contributed by atoms with Crippen molar-refractivity contribution in [1.29, 1.82) is 0 Å². The van der Waals surface area contributed by atoms with Gasteiger partial charge in [0.25, 0.3) is 5.91 Å². The summed E-state index contributed by atoms with van der Waals surface area (Å²) in [5, 5.41) is 0. The standard InChI is InChI=1S/C19H21NO3/c1-14-7-9-17(10-8-14)22-13-19(21)20-11-15(2)23-18-6-4-3-5-16(18)12-20/h3-10,15H,11-13H2,1-2H3. The predicted octanol–water partition coefficient (Wildman–Crippen LogP) is 3.18. The van der Waals surface area contributed by atoms with Crippen LogP contribution in [0.4, 0.5) is 0 Å². The van der Waals surface area contributed by atoms with Crippen LogP contribution in [-0.4, -0.2) is 30.1 Å². The molecule has 0 saturated heterocycles. The minimum absolute atomic E-state index is 0.0299. The summed E-state index contributed by atoms with van der Waals surface area (Å²) < 4.78 is 11.5. The van der Waals surface area contributed by atoms with Crippen LogP contribution in [0, 0.1) is 6.92 Å². The summed E-state index contributed by atoms with van der Waals surface area (Å²) in [7, 11) is 0. The van der Waals surface area contributed by atoms with Gasteiger partial charge in [-0.3, -0.25) is 4.79 Å². The molecule has 120 valence electrons. The number of hydrogen-bond acceptors (Lipinski definition) is 3. The van der Waals surface area contributed by atoms with E-state index in [4.69, 9.17) is 9.47 Å². The fourth-order valence-electron chi connectivity index (χ4n) is 2.64. The Labute approximate surface area is 136 Å². The highest BCUT2D eigenvalue weighted by molar-refractivity contribution is 5.78. The summed E-state index contributed by atoms with van der Waals surface area (Å²) in [5.74, 6) is 1.54. The number of ether oxygens (including phenoxy) is 2. The van der Waals surface area contributed by atoms with E-state index in [2.05, 4.69) is 0 Å². The molecular formula is C19H21NO3. The number of nitrogens with zero attached hydrogens (tertiary/aromatic N) is 1. The Morgan fingerprint density at radius 1 is 1.22 bits per heavy atom. The van der Waals surface area contributed by atoms with E-state index in [1.165, 1.54) is 5.56 Å². The Balaban J connectivity index is 1.66. The van der Waals surface area contributed by atoms with Crippen LogP contribution in [0.1, 0.15) is 18.1 Å². The molecule has 0 N–H and O–H groups in total. The van der Waals surface area contributed by atoms with Gasteiger partial charge in [-0.25, -0.2) is 0 Å². The second-order valence-corrected chi connectivity index (χ2v) is 5.91. The first-order chi connectivity index (χ1) is 11.1. The molecule has 1 aliphatic heterocycles. The molecule has 2 aromatic carbocycles. The lowest BCUT2D eigenvalue weighted by molar-refractivity contribution is -0.134. The highest BCUT2D eigenvalue weighted by Crippen LogP contribution is 2.24. The number of rotatable bonds is 3. The van der Waals surface area contributed by atoms with Gasteiger partial charge < -0.3 is 14.4 Å². The van der Waals surface area contributed by atoms with Crippen LogP contribution in [0.3, 0.4) is 0 Å². The van der Waals surface area contributed by atoms with E-state index in [0.717, 1.165) is 11.3 Å². The largest absolute Gasteiger partial charge is 0.489 e. The molecule has 1 amide bonds. The van der Waals surface area contributed by atoms with Gasteiger partial charge in [-0.2, -0.15) is 0 Å². The monoisotopic (exact) mass is 311 g/mol. The Morgan fingerprint density at radius 3 is 2.74 bits per heavy atom. The van der Waals surface area contributed by atoms with Crippen LogP contribution < -0.4 is 9.47 Å². The van der Waals surface area contributed by atoms with Crippen molar-refractivity contribution >= 4 is 5.91 Å². The Hall–Kier alpha value is -2.49. The number of carbonyl (C=O) groups is 1. The zero-order valence-corrected chi connectivity index (χ0v) is 13.5. The van der Waals surface area contributed by atoms with Crippen LogP contribution in [0.5, 0.6) is 11.5 Å². The van der Waals surface area contributed by atoms with E-state index in [1.54, 1.807) is 4.90 Å². The van der Waals surface area contributed by atoms with Gasteiger partial charge in [0.05, 0.1) is 6.54 Å². The van der Waals surface area contributed by atoms with Crippen molar-refractivity contribution in [1.82, 2.24) is 4.90 Å². The van der Waals surface area contributed by atoms with E-state index < -0.39 is 0 Å². The predicted molar refractivity (Wildman–Crippen MR) is 88.6 cm³/mol. The molecule has 0 saturated carbocycles. The Kier molecular flexibility index (Phi) is 4.51. The van der Waals surface area contributed by atoms with E-state index >= 15 is 0 Å². The maximum Gasteiger partial charge on any atom is 0.260 e. The van der Waals surface area contributed by atoms with Crippen LogP contribution in [0.15, 0.2) is 48.5 Å². The van der Waals surface area contributed by atoms with Crippen LogP contribution in [0.2, 0.25) is 0 Å². The van der Waals surface area contributed by atoms with Crippen LogP contribution in [0.25, 0.3) is 0 Å². The van der Waals surface area contributed by atoms with E-state index in [0.29, 0.717) is 18.8 Å². The molecule has 0 radical (unpaired) electrons. The third-order valence-electron chi connectivity index (χ3n) is 3.88. The maximum absolute atomic E-state index is 12.5. The van der Waals surface area contributed by atoms with Gasteiger partial charge >= 0.3 is 0 Å². The molecule has 0 spiro atoms. The van der Waals surface area contributed by atoms with Gasteiger partial charge in [-0.1, -0.05) is 35.9 Å². The number of hydrogen-bond donors (Lipinski definition) is 0. The van der Waals surface area contributed by atoms with Gasteiger partial charge in [0, 0.05) is 12.1 Å². The molecule has 0 aliphatic carbocycles. The number of carbonyl (C=O) groups excluding carboxylic acids is 1. The molecule has 0 fully saturated rings. The summed E-state index contributed by atoms with van der Waals surface area (Å²) in [5.41, 5.74) is 2.19. The fourth-order valence-corrected chi connectivity index (χ4v) is 2.64. The number of amides is 1. The first-order valence-electron chi connectivity index (χ1n) is 7.83. The third-order valence-corrected chi connectivity index (χ3v) is 3.88. The highest BCUT2D eigenvalue weighted by Gasteiger charge is 2.23. The van der Waals surface area contributed by atoms with Crippen molar-refractivity contribution < 1.29 is 14.3 Å². The quantitative estimate of drug-likeness (QED) is 0.874. The molecule has 0 bridgehead atoms. The first-order valence-corrected chi connectivity index (χ1v) is 7.83. The lowest BCUT2D eigenvalue weighted by Crippen LogP contribution is -2.38. The molecule has 3 rings (SSSR count). The lowest BCUT2D eigenvalue weighted by atomic mass is 10.2. The fraction of sp³-hybridized carbons (Fsp3) is 0.316. The molecule has 23 heavy (non-hydrogen) atoms. The SMILES string of the molecule is Cc1ccc(OCC(=O)N2Cc3ccccc3OC(C)C2)cc1. The number of benzene rings is 2. The minimum atomic E-state index is -0.0398. The summed E-state index contributed by atoms with van der Waals surface area (Å²) >= 11 is 0. The smallest absolute Gasteiger partial charge is 0.260 e. The van der Waals surface area contributed by atoms with E-state index in [1.807, 2.05) is 62.4 Å². The molecule has 2 aromatic rings. The lowest BCUT2D eigenvalue weighted by Gasteiger charge is -2.22. The Bertz CT molecular complexity index is 681. The van der Waals surface area contributed by atoms with Gasteiger partial charge in [0.1, 0.15) is 17.6 Å². The summed E-state index contributed by atoms with van der Waals surface area (Å²) in [6.07, 6.45) is -0.0398. The molecule has 1 aliphatic rings. The first kappa shape index (κ1) is 15.4. The molecule has 0 aromatic heterocycles. The van der Waals surface area contributed by atoms with Gasteiger partial charge in [-0.15, -0.1) is 0 Å². The van der Waals surface area contributed by atoms with Crippen molar-refractivity contribution in [2.45, 2.75) is 26.5 Å². The normalized spacial score (nSPS) is 17.0. The van der Waals surface area contributed by atoms with E-state index in [-0.39, 0.29) is 18.6 Å². The summed E-state index contributed by atoms with van der Waals surface area (Å²) in [4.78, 5) is 14.3. The highest BCUT2D eigenvalue weighted by atomic mass is 16.5. The number of para-hydroxylation sites is 1. The van der Waals surface area contributed by atoms with Gasteiger partial charge in [0.2, 0.25) is 0 Å². The van der Waals surface area contributed by atoms with Gasteiger partial charge in [0.15, 0.2) is 6.61 Å². The van der Waals surface area contributed by atoms with E-state index in [9.17, 15) is 4.79 Å². The number of fused-ring (bicyclic) bond motifs is 1. The molecule has 4 heteroatoms. The molecule has 4 nitrogen and oxygen atoms in total. The maximum atomic E-state index is 12.5. The topological polar surface area (TPSA) is 38.8 Å². The molecule has 1 atom stereocenters. The Morgan fingerprint density at radius 2 is 1.96 bits per heavy atom. The van der Waals surface area contributed by atoms with Crippen molar-refractivity contribution in [2.24, 2.45) is 0 Å². The third kappa shape index (κ3) is 3.83.